The van der Waals surface area contributed by atoms with Gasteiger partial charge in [-0.1, -0.05) is 54.6 Å². The van der Waals surface area contributed by atoms with Gasteiger partial charge in [0.25, 0.3) is 0 Å². The number of halogens is 1. The highest BCUT2D eigenvalue weighted by molar-refractivity contribution is 7.97. The fraction of sp³-hybridized carbons (Fsp3) is 0.308. The lowest BCUT2D eigenvalue weighted by atomic mass is 9.64. The Kier molecular flexibility index (Phi) is 6.75. The monoisotopic (exact) mass is 493 g/mol. The number of aliphatic hydroxyl groups is 1. The van der Waals surface area contributed by atoms with Crippen LogP contribution in [0.1, 0.15) is 19.8 Å². The van der Waals surface area contributed by atoms with E-state index in [0.717, 1.165) is 10.8 Å². The van der Waals surface area contributed by atoms with E-state index in [-0.39, 0.29) is 17.0 Å². The molecule has 1 N–H and O–H groups in total. The van der Waals surface area contributed by atoms with Gasteiger partial charge in [-0.25, -0.2) is 0 Å². The molecule has 3 aromatic carbocycles. The standard InChI is InChI=1S/C26H30BNOP.BrH/c1-21-26(27-28(21)19-11-12-22(28)20-29)30(23-13-5-2-6-14-23,24-15-7-3-8-16-24)25-17-9-4-10-18-25;/h2-10,13-18,21-22,26,29H,11-12,19-20H2,1H3;1H/q+1;/p-1/t21-,22-,26-,28?;/m0./s1. The zero-order valence-electron chi connectivity index (χ0n) is 18.0. The van der Waals surface area contributed by atoms with Crippen LogP contribution >= 0.6 is 7.26 Å². The third-order valence-corrected chi connectivity index (χ3v) is 12.4. The van der Waals surface area contributed by atoms with E-state index in [4.69, 9.17) is 0 Å². The minimum Gasteiger partial charge on any atom is -1.00 e. The van der Waals surface area contributed by atoms with E-state index in [1.807, 2.05) is 0 Å². The van der Waals surface area contributed by atoms with Gasteiger partial charge < -0.3 is 26.5 Å². The number of rotatable bonds is 5. The van der Waals surface area contributed by atoms with E-state index in [1.54, 1.807) is 0 Å². The van der Waals surface area contributed by atoms with Crippen LogP contribution in [0.25, 0.3) is 0 Å². The van der Waals surface area contributed by atoms with Crippen molar-refractivity contribution < 1.29 is 26.5 Å². The largest absolute Gasteiger partial charge is 1.00 e. The van der Waals surface area contributed by atoms with Crippen LogP contribution in [0.3, 0.4) is 0 Å². The number of aliphatic hydroxyl groups excluding tert-OH is 1. The molecule has 0 amide bonds. The number of hydrogen-bond acceptors (Lipinski definition) is 1. The van der Waals surface area contributed by atoms with Gasteiger partial charge in [-0.05, 0) is 49.7 Å². The second-order valence-electron chi connectivity index (χ2n) is 8.81. The Balaban J connectivity index is 0.00000231. The number of benzene rings is 3. The van der Waals surface area contributed by atoms with Crippen molar-refractivity contribution in [3.05, 3.63) is 91.0 Å². The highest BCUT2D eigenvalue weighted by atomic mass is 79.9. The molecule has 1 unspecified atom stereocenters. The summed E-state index contributed by atoms with van der Waals surface area (Å²) in [5.74, 6) is 0. The molecule has 31 heavy (non-hydrogen) atoms. The quantitative estimate of drug-likeness (QED) is 0.400. The van der Waals surface area contributed by atoms with Gasteiger partial charge in [0.1, 0.15) is 15.9 Å². The second kappa shape index (κ2) is 9.20. The van der Waals surface area contributed by atoms with Crippen molar-refractivity contribution >= 4 is 30.6 Å². The predicted octanol–water partition coefficient (Wildman–Crippen LogP) is 0.303. The van der Waals surface area contributed by atoms with Crippen molar-refractivity contribution in [1.82, 2.24) is 0 Å². The van der Waals surface area contributed by atoms with E-state index < -0.39 is 7.26 Å². The van der Waals surface area contributed by atoms with Crippen molar-refractivity contribution in [3.8, 4) is 0 Å². The average Bonchev–Trinajstić information content (AvgIpc) is 3.27. The Morgan fingerprint density at radius 1 is 0.839 bits per heavy atom. The molecule has 0 saturated carbocycles. The molecule has 1 spiro atoms. The first-order valence-corrected chi connectivity index (χ1v) is 13.0. The Morgan fingerprint density at radius 3 is 1.68 bits per heavy atom. The summed E-state index contributed by atoms with van der Waals surface area (Å²) in [6, 6.07) is 34.4. The van der Waals surface area contributed by atoms with Gasteiger partial charge in [-0.3, -0.25) is 0 Å². The van der Waals surface area contributed by atoms with Crippen molar-refractivity contribution in [2.75, 3.05) is 13.2 Å². The topological polar surface area (TPSA) is 20.2 Å². The van der Waals surface area contributed by atoms with E-state index in [9.17, 15) is 5.11 Å². The zero-order chi connectivity index (χ0) is 20.6. The summed E-state index contributed by atoms with van der Waals surface area (Å²) >= 11 is 0. The van der Waals surface area contributed by atoms with Gasteiger partial charge in [-0.2, -0.15) is 0 Å². The summed E-state index contributed by atoms with van der Waals surface area (Å²) in [5, 5.41) is 14.5. The lowest BCUT2D eigenvalue weighted by Crippen LogP contribution is -3.00. The van der Waals surface area contributed by atoms with E-state index in [0.29, 0.717) is 24.2 Å². The molecule has 0 aromatic heterocycles. The molecule has 5 rings (SSSR count). The lowest BCUT2D eigenvalue weighted by molar-refractivity contribution is -0.880. The summed E-state index contributed by atoms with van der Waals surface area (Å²) in [4.78, 5) is 0. The third-order valence-electron chi connectivity index (χ3n) is 7.59. The van der Waals surface area contributed by atoms with Crippen LogP contribution < -0.4 is 32.9 Å². The Bertz CT molecular complexity index is 893. The van der Waals surface area contributed by atoms with Gasteiger partial charge in [0, 0.05) is 24.6 Å². The first kappa shape index (κ1) is 22.7. The molecule has 2 aliphatic rings. The molecule has 3 aromatic rings. The Hall–Kier alpha value is -1.45. The maximum atomic E-state index is 10.1. The second-order valence-corrected chi connectivity index (χ2v) is 12.4. The molecule has 2 fully saturated rings. The lowest BCUT2D eigenvalue weighted by Gasteiger charge is -2.71. The molecular formula is C26H30BBrNOP. The molecule has 2 aliphatic heterocycles. The third kappa shape index (κ3) is 3.44. The highest BCUT2D eigenvalue weighted by Crippen LogP contribution is 2.65. The summed E-state index contributed by atoms with van der Waals surface area (Å²) in [7, 11) is 0.742. The summed E-state index contributed by atoms with van der Waals surface area (Å²) in [6.07, 6.45) is 2.35. The first-order valence-electron chi connectivity index (χ1n) is 11.1. The van der Waals surface area contributed by atoms with E-state index in [1.165, 1.54) is 28.9 Å². The Labute approximate surface area is 198 Å². The SMILES string of the molecule is C[C@H]1[C@H]([P+](c2ccccc2)(c2ccccc2)c2ccccc2)[B-][N+]12CCC[C@H]2CO.[Br-]. The van der Waals surface area contributed by atoms with Crippen LogP contribution in [0, 0.1) is 0 Å². The van der Waals surface area contributed by atoms with Crippen molar-refractivity contribution in [1.29, 1.82) is 0 Å². The van der Waals surface area contributed by atoms with Gasteiger partial charge >= 0.3 is 0 Å². The van der Waals surface area contributed by atoms with Crippen molar-refractivity contribution in [3.63, 3.8) is 0 Å². The Morgan fingerprint density at radius 2 is 1.29 bits per heavy atom. The van der Waals surface area contributed by atoms with Gasteiger partial charge in [0.05, 0.1) is 27.3 Å². The average molecular weight is 494 g/mol. The van der Waals surface area contributed by atoms with Crippen LogP contribution in [0.2, 0.25) is 0 Å². The van der Waals surface area contributed by atoms with E-state index in [2.05, 4.69) is 105 Å². The van der Waals surface area contributed by atoms with Gasteiger partial charge in [0.15, 0.2) is 0 Å². The van der Waals surface area contributed by atoms with Gasteiger partial charge in [-0.15, -0.1) is 0 Å². The number of quaternary nitrogens is 1. The molecule has 2 saturated heterocycles. The van der Waals surface area contributed by atoms with Crippen LogP contribution in [-0.4, -0.2) is 47.7 Å². The van der Waals surface area contributed by atoms with E-state index >= 15 is 0 Å². The number of hydrogen-bond donors (Lipinski definition) is 1. The molecule has 5 heteroatoms. The molecule has 2 heterocycles. The summed E-state index contributed by atoms with van der Waals surface area (Å²) < 4.78 is 0.995. The first-order chi connectivity index (χ1) is 14.7. The smallest absolute Gasteiger partial charge is 0.101 e. The fourth-order valence-electron chi connectivity index (χ4n) is 6.10. The number of nitrogens with zero attached hydrogens (tertiary/aromatic N) is 1. The van der Waals surface area contributed by atoms with Crippen molar-refractivity contribution in [2.24, 2.45) is 0 Å². The van der Waals surface area contributed by atoms with Gasteiger partial charge in [0.2, 0.25) is 0 Å². The maximum absolute atomic E-state index is 10.1. The molecule has 2 nitrogen and oxygen atoms in total. The van der Waals surface area contributed by atoms with Crippen LogP contribution in [0.5, 0.6) is 0 Å². The molecule has 0 aliphatic carbocycles. The van der Waals surface area contributed by atoms with Crippen LogP contribution in [0.15, 0.2) is 91.0 Å². The van der Waals surface area contributed by atoms with Crippen LogP contribution in [-0.2, 0) is 0 Å². The molecule has 4 atom stereocenters. The molecule has 2 radical (unpaired) electrons. The minimum absolute atomic E-state index is 0. The summed E-state index contributed by atoms with van der Waals surface area (Å²) in [5.41, 5.74) is 0.469. The molecule has 160 valence electrons. The van der Waals surface area contributed by atoms with Crippen LogP contribution in [0.4, 0.5) is 0 Å². The predicted molar refractivity (Wildman–Crippen MR) is 129 cm³/mol. The van der Waals surface area contributed by atoms with Crippen molar-refractivity contribution in [2.45, 2.75) is 37.4 Å². The fourth-order valence-corrected chi connectivity index (χ4v) is 11.3. The zero-order valence-corrected chi connectivity index (χ0v) is 20.5. The maximum Gasteiger partial charge on any atom is 0.101 e. The molecular weight excluding hydrogens is 464 g/mol. The molecule has 0 bridgehead atoms. The highest BCUT2D eigenvalue weighted by Gasteiger charge is 2.61. The normalized spacial score (nSPS) is 27.5. The summed E-state index contributed by atoms with van der Waals surface area (Å²) in [6.45, 7) is 3.89. The minimum atomic E-state index is -1.88.